The molecule has 0 atom stereocenters. The predicted molar refractivity (Wildman–Crippen MR) is 57.8 cm³/mol. The Balaban J connectivity index is 1.81. The summed E-state index contributed by atoms with van der Waals surface area (Å²) in [5.74, 6) is 0.777. The van der Waals surface area contributed by atoms with Crippen LogP contribution in [-0.4, -0.2) is 37.1 Å². The molecule has 0 bridgehead atoms. The van der Waals surface area contributed by atoms with Crippen LogP contribution in [-0.2, 0) is 0 Å². The number of aromatic nitrogens is 5. The molecule has 3 rings (SSSR count). The second kappa shape index (κ2) is 3.38. The molecule has 7 nitrogen and oxygen atoms in total. The van der Waals surface area contributed by atoms with Crippen molar-refractivity contribution in [3.05, 3.63) is 12.4 Å². The SMILES string of the molecule is NC1(CNc2cncc3nnnn23)CCC1. The first-order valence-corrected chi connectivity index (χ1v) is 5.32. The molecule has 1 aliphatic rings. The van der Waals surface area contributed by atoms with Crippen LogP contribution in [0.2, 0.25) is 0 Å². The van der Waals surface area contributed by atoms with E-state index in [1.165, 1.54) is 6.42 Å². The van der Waals surface area contributed by atoms with Gasteiger partial charge in [-0.25, -0.2) is 0 Å². The van der Waals surface area contributed by atoms with Gasteiger partial charge in [-0.05, 0) is 29.7 Å². The lowest BCUT2D eigenvalue weighted by Crippen LogP contribution is -2.52. The summed E-state index contributed by atoms with van der Waals surface area (Å²) in [6.07, 6.45) is 6.67. The highest BCUT2D eigenvalue weighted by molar-refractivity contribution is 5.43. The predicted octanol–water partition coefficient (Wildman–Crippen LogP) is -0.187. The Morgan fingerprint density at radius 1 is 1.44 bits per heavy atom. The summed E-state index contributed by atoms with van der Waals surface area (Å²) >= 11 is 0. The molecular formula is C9H13N7. The number of hydrogen-bond acceptors (Lipinski definition) is 6. The average molecular weight is 219 g/mol. The molecule has 2 aromatic rings. The molecule has 2 aromatic heterocycles. The van der Waals surface area contributed by atoms with Gasteiger partial charge in [0.25, 0.3) is 0 Å². The van der Waals surface area contributed by atoms with Crippen molar-refractivity contribution in [1.29, 1.82) is 0 Å². The smallest absolute Gasteiger partial charge is 0.199 e. The monoisotopic (exact) mass is 219 g/mol. The molecule has 7 heteroatoms. The Hall–Kier alpha value is -1.76. The summed E-state index contributed by atoms with van der Waals surface area (Å²) in [6, 6.07) is 0. The van der Waals surface area contributed by atoms with Crippen LogP contribution in [0, 0.1) is 0 Å². The van der Waals surface area contributed by atoms with Crippen molar-refractivity contribution in [2.45, 2.75) is 24.8 Å². The number of nitrogens with one attached hydrogen (secondary N) is 1. The molecule has 16 heavy (non-hydrogen) atoms. The highest BCUT2D eigenvalue weighted by Crippen LogP contribution is 2.29. The zero-order valence-electron chi connectivity index (χ0n) is 8.80. The maximum Gasteiger partial charge on any atom is 0.199 e. The summed E-state index contributed by atoms with van der Waals surface area (Å²) < 4.78 is 1.62. The van der Waals surface area contributed by atoms with E-state index in [2.05, 4.69) is 25.8 Å². The number of nitrogens with zero attached hydrogens (tertiary/aromatic N) is 5. The van der Waals surface area contributed by atoms with Gasteiger partial charge in [-0.1, -0.05) is 0 Å². The normalized spacial score (nSPS) is 18.3. The van der Waals surface area contributed by atoms with Gasteiger partial charge < -0.3 is 11.1 Å². The van der Waals surface area contributed by atoms with Crippen molar-refractivity contribution in [2.75, 3.05) is 11.9 Å². The highest BCUT2D eigenvalue weighted by Gasteiger charge is 2.32. The van der Waals surface area contributed by atoms with Crippen molar-refractivity contribution in [2.24, 2.45) is 5.73 Å². The van der Waals surface area contributed by atoms with Gasteiger partial charge in [-0.2, -0.15) is 4.52 Å². The van der Waals surface area contributed by atoms with Crippen LogP contribution in [0.3, 0.4) is 0 Å². The van der Waals surface area contributed by atoms with Gasteiger partial charge in [0.05, 0.1) is 12.4 Å². The molecular weight excluding hydrogens is 206 g/mol. The van der Waals surface area contributed by atoms with Gasteiger partial charge in [0, 0.05) is 12.1 Å². The number of rotatable bonds is 3. The van der Waals surface area contributed by atoms with E-state index in [0.29, 0.717) is 5.65 Å². The fraction of sp³-hybridized carbons (Fsp3) is 0.556. The lowest BCUT2D eigenvalue weighted by molar-refractivity contribution is 0.265. The molecule has 0 amide bonds. The average Bonchev–Trinajstić information content (AvgIpc) is 2.72. The first-order valence-electron chi connectivity index (χ1n) is 5.32. The molecule has 1 aliphatic carbocycles. The fourth-order valence-corrected chi connectivity index (χ4v) is 1.87. The quantitative estimate of drug-likeness (QED) is 0.743. The van der Waals surface area contributed by atoms with Crippen LogP contribution in [0.1, 0.15) is 19.3 Å². The lowest BCUT2D eigenvalue weighted by atomic mass is 9.78. The first-order chi connectivity index (χ1) is 7.77. The number of nitrogens with two attached hydrogens (primary N) is 1. The number of tetrazole rings is 1. The second-order valence-electron chi connectivity index (χ2n) is 4.31. The third-order valence-electron chi connectivity index (χ3n) is 3.08. The molecule has 0 aromatic carbocycles. The lowest BCUT2D eigenvalue weighted by Gasteiger charge is -2.38. The molecule has 3 N–H and O–H groups in total. The van der Waals surface area contributed by atoms with Crippen molar-refractivity contribution in [3.8, 4) is 0 Å². The minimum atomic E-state index is -0.0732. The summed E-state index contributed by atoms with van der Waals surface area (Å²) in [7, 11) is 0. The fourth-order valence-electron chi connectivity index (χ4n) is 1.87. The van der Waals surface area contributed by atoms with Crippen LogP contribution in [0.25, 0.3) is 5.65 Å². The molecule has 0 saturated heterocycles. The van der Waals surface area contributed by atoms with Crippen molar-refractivity contribution >= 4 is 11.5 Å². The van der Waals surface area contributed by atoms with E-state index < -0.39 is 0 Å². The van der Waals surface area contributed by atoms with Crippen LogP contribution in [0.5, 0.6) is 0 Å². The van der Waals surface area contributed by atoms with E-state index in [1.807, 2.05) is 0 Å². The van der Waals surface area contributed by atoms with E-state index >= 15 is 0 Å². The Kier molecular flexibility index (Phi) is 2.00. The molecule has 1 saturated carbocycles. The molecule has 84 valence electrons. The third kappa shape index (κ3) is 1.49. The summed E-state index contributed by atoms with van der Waals surface area (Å²) in [4.78, 5) is 4.06. The first kappa shape index (κ1) is 9.46. The van der Waals surface area contributed by atoms with Crippen LogP contribution in [0.4, 0.5) is 5.82 Å². The Morgan fingerprint density at radius 2 is 2.31 bits per heavy atom. The standard InChI is InChI=1S/C9H13N7/c10-9(2-1-3-9)6-12-7-4-11-5-8-13-14-15-16(7)8/h4-5,12H,1-3,6,10H2. The molecule has 1 fully saturated rings. The van der Waals surface area contributed by atoms with Crippen LogP contribution >= 0.6 is 0 Å². The Bertz CT molecular complexity index is 501. The summed E-state index contributed by atoms with van der Waals surface area (Å²) in [6.45, 7) is 0.730. The van der Waals surface area contributed by atoms with E-state index in [9.17, 15) is 0 Å². The summed E-state index contributed by atoms with van der Waals surface area (Å²) in [5, 5.41) is 14.5. The van der Waals surface area contributed by atoms with Gasteiger partial charge in [0.2, 0.25) is 0 Å². The van der Waals surface area contributed by atoms with Crippen LogP contribution < -0.4 is 11.1 Å². The molecule has 0 unspecified atom stereocenters. The Morgan fingerprint density at radius 3 is 3.06 bits per heavy atom. The maximum absolute atomic E-state index is 6.13. The zero-order chi connectivity index (χ0) is 11.0. The molecule has 0 radical (unpaired) electrons. The number of hydrogen-bond donors (Lipinski definition) is 2. The minimum Gasteiger partial charge on any atom is -0.367 e. The Labute approximate surface area is 92.0 Å². The zero-order valence-corrected chi connectivity index (χ0v) is 8.80. The second-order valence-corrected chi connectivity index (χ2v) is 4.31. The van der Waals surface area contributed by atoms with Gasteiger partial charge in [-0.3, -0.25) is 4.98 Å². The maximum atomic E-state index is 6.13. The molecule has 0 spiro atoms. The molecule has 2 heterocycles. The van der Waals surface area contributed by atoms with E-state index in [4.69, 9.17) is 5.73 Å². The van der Waals surface area contributed by atoms with Crippen molar-refractivity contribution in [1.82, 2.24) is 25.0 Å². The van der Waals surface area contributed by atoms with E-state index in [-0.39, 0.29) is 5.54 Å². The molecule has 0 aliphatic heterocycles. The van der Waals surface area contributed by atoms with Gasteiger partial charge in [-0.15, -0.1) is 5.10 Å². The van der Waals surface area contributed by atoms with E-state index in [0.717, 1.165) is 25.2 Å². The van der Waals surface area contributed by atoms with Crippen molar-refractivity contribution in [3.63, 3.8) is 0 Å². The highest BCUT2D eigenvalue weighted by atomic mass is 15.5. The third-order valence-corrected chi connectivity index (χ3v) is 3.08. The van der Waals surface area contributed by atoms with E-state index in [1.54, 1.807) is 16.9 Å². The van der Waals surface area contributed by atoms with Crippen LogP contribution in [0.15, 0.2) is 12.4 Å². The van der Waals surface area contributed by atoms with Gasteiger partial charge in [0.15, 0.2) is 5.65 Å². The van der Waals surface area contributed by atoms with Crippen molar-refractivity contribution < 1.29 is 0 Å². The summed E-state index contributed by atoms with van der Waals surface area (Å²) in [5.41, 5.74) is 6.68. The van der Waals surface area contributed by atoms with Gasteiger partial charge in [0.1, 0.15) is 5.82 Å². The minimum absolute atomic E-state index is 0.0732. The number of anilines is 1. The topological polar surface area (TPSA) is 94.0 Å². The van der Waals surface area contributed by atoms with Gasteiger partial charge >= 0.3 is 0 Å². The largest absolute Gasteiger partial charge is 0.367 e. The number of fused-ring (bicyclic) bond motifs is 1.